The molecule has 0 aliphatic carbocycles. The summed E-state index contributed by atoms with van der Waals surface area (Å²) in [5, 5.41) is 13.3. The van der Waals surface area contributed by atoms with Crippen molar-refractivity contribution in [1.82, 2.24) is 0 Å². The summed E-state index contributed by atoms with van der Waals surface area (Å²) in [5.74, 6) is -1.42. The van der Waals surface area contributed by atoms with Crippen molar-refractivity contribution in [3.8, 4) is 0 Å². The van der Waals surface area contributed by atoms with Crippen LogP contribution in [0.25, 0.3) is 0 Å². The normalized spacial score (nSPS) is 22.0. The number of halogens is 2. The lowest BCUT2D eigenvalue weighted by molar-refractivity contribution is -0.140. The second kappa shape index (κ2) is 7.64. The molecule has 9 heteroatoms. The van der Waals surface area contributed by atoms with Crippen LogP contribution in [0.2, 0.25) is 0 Å². The first-order valence-electron chi connectivity index (χ1n) is 8.00. The third-order valence-corrected chi connectivity index (χ3v) is 7.03. The van der Waals surface area contributed by atoms with Crippen molar-refractivity contribution in [3.63, 3.8) is 0 Å². The first kappa shape index (κ1) is 20.8. The minimum Gasteiger partial charge on any atom is -0.480 e. The molecule has 2 rings (SSSR count). The van der Waals surface area contributed by atoms with Gasteiger partial charge in [-0.3, -0.25) is 4.79 Å². The maximum Gasteiger partial charge on any atom is 0.324 e. The summed E-state index contributed by atoms with van der Waals surface area (Å²) in [6, 6.07) is 6.75. The van der Waals surface area contributed by atoms with E-state index in [9.17, 15) is 22.7 Å². The van der Waals surface area contributed by atoms with Gasteiger partial charge in [-0.2, -0.15) is 0 Å². The number of sulfone groups is 1. The van der Waals surface area contributed by atoms with E-state index in [2.05, 4.69) is 21.1 Å². The molecule has 1 heterocycles. The SMILES string of the molecule is CC(Br)C(F)c1ccc(C2=NO[C@@H](CC(C)(C(=O)O)S(C)(=O)=O)C2)cc1. The molecule has 1 aliphatic rings. The molecule has 6 nitrogen and oxygen atoms in total. The lowest BCUT2D eigenvalue weighted by atomic mass is 9.96. The molecule has 1 aliphatic heterocycles. The summed E-state index contributed by atoms with van der Waals surface area (Å²) in [7, 11) is -3.83. The average molecular weight is 450 g/mol. The number of oxime groups is 1. The van der Waals surface area contributed by atoms with E-state index in [1.54, 1.807) is 31.2 Å². The number of alkyl halides is 2. The number of nitrogens with zero attached hydrogens (tertiary/aromatic N) is 1. The average Bonchev–Trinajstić information content (AvgIpc) is 3.01. The van der Waals surface area contributed by atoms with Gasteiger partial charge >= 0.3 is 5.97 Å². The van der Waals surface area contributed by atoms with Crippen molar-refractivity contribution in [2.24, 2.45) is 5.16 Å². The van der Waals surface area contributed by atoms with E-state index in [1.807, 2.05) is 0 Å². The molecule has 0 fully saturated rings. The Labute approximate surface area is 160 Å². The highest BCUT2D eigenvalue weighted by molar-refractivity contribution is 9.09. The molecule has 0 aromatic heterocycles. The molecule has 0 bridgehead atoms. The van der Waals surface area contributed by atoms with Gasteiger partial charge in [-0.15, -0.1) is 0 Å². The monoisotopic (exact) mass is 449 g/mol. The summed E-state index contributed by atoms with van der Waals surface area (Å²) in [4.78, 5) is 16.4. The zero-order valence-electron chi connectivity index (χ0n) is 14.6. The van der Waals surface area contributed by atoms with Crippen molar-refractivity contribution in [1.29, 1.82) is 0 Å². The van der Waals surface area contributed by atoms with E-state index < -0.39 is 32.8 Å². The lowest BCUT2D eigenvalue weighted by Gasteiger charge is -2.24. The van der Waals surface area contributed by atoms with Crippen LogP contribution in [0.4, 0.5) is 4.39 Å². The van der Waals surface area contributed by atoms with E-state index in [0.29, 0.717) is 11.3 Å². The summed E-state index contributed by atoms with van der Waals surface area (Å²) in [6.45, 7) is 2.89. The molecule has 0 saturated carbocycles. The van der Waals surface area contributed by atoms with Gasteiger partial charge < -0.3 is 9.94 Å². The lowest BCUT2D eigenvalue weighted by Crippen LogP contribution is -2.45. The van der Waals surface area contributed by atoms with Crippen LogP contribution in [0.3, 0.4) is 0 Å². The number of hydrogen-bond acceptors (Lipinski definition) is 5. The quantitative estimate of drug-likeness (QED) is 0.644. The number of carbonyl (C=O) groups is 1. The van der Waals surface area contributed by atoms with E-state index in [-0.39, 0.29) is 17.7 Å². The Balaban J connectivity index is 2.10. The number of hydrogen-bond donors (Lipinski definition) is 1. The molecule has 4 atom stereocenters. The van der Waals surface area contributed by atoms with Crippen LogP contribution in [0.5, 0.6) is 0 Å². The smallest absolute Gasteiger partial charge is 0.324 e. The number of benzene rings is 1. The van der Waals surface area contributed by atoms with Gasteiger partial charge in [0, 0.05) is 23.9 Å². The summed E-state index contributed by atoms with van der Waals surface area (Å²) >= 11 is 3.21. The Hall–Kier alpha value is -1.48. The molecule has 144 valence electrons. The van der Waals surface area contributed by atoms with Crippen LogP contribution in [-0.2, 0) is 19.5 Å². The molecule has 0 amide bonds. The minimum absolute atomic E-state index is 0.208. The fourth-order valence-electron chi connectivity index (χ4n) is 2.66. The molecular formula is C17H21BrFNO5S. The number of aliphatic carboxylic acids is 1. The second-order valence-electron chi connectivity index (χ2n) is 6.68. The van der Waals surface area contributed by atoms with Crippen LogP contribution in [-0.4, -0.2) is 47.1 Å². The Bertz CT molecular complexity index is 809. The highest BCUT2D eigenvalue weighted by Crippen LogP contribution is 2.30. The molecular weight excluding hydrogens is 429 g/mol. The van der Waals surface area contributed by atoms with Gasteiger partial charge in [0.2, 0.25) is 0 Å². The molecule has 1 N–H and O–H groups in total. The van der Waals surface area contributed by atoms with Crippen molar-refractivity contribution in [2.75, 3.05) is 6.26 Å². The second-order valence-corrected chi connectivity index (χ2v) is 10.6. The Morgan fingerprint density at radius 1 is 1.46 bits per heavy atom. The van der Waals surface area contributed by atoms with Gasteiger partial charge in [-0.25, -0.2) is 12.8 Å². The standard InChI is InChI=1S/C17H21BrFNO5S/c1-10(18)15(19)12-6-4-11(5-7-12)14-8-13(25-20-14)9-17(2,16(21)22)26(3,23)24/h4-7,10,13,15H,8-9H2,1-3H3,(H,21,22)/t10?,13-,15?,17?/m1/s1. The highest BCUT2D eigenvalue weighted by Gasteiger charge is 2.47. The largest absolute Gasteiger partial charge is 0.480 e. The van der Waals surface area contributed by atoms with Gasteiger partial charge in [-0.1, -0.05) is 45.4 Å². The third kappa shape index (κ3) is 4.25. The molecule has 1 aromatic rings. The molecule has 1 aromatic carbocycles. The molecule has 0 spiro atoms. The minimum atomic E-state index is -3.83. The third-order valence-electron chi connectivity index (χ3n) is 4.59. The van der Waals surface area contributed by atoms with Crippen molar-refractivity contribution < 1.29 is 27.5 Å². The Morgan fingerprint density at radius 2 is 2.04 bits per heavy atom. The zero-order chi connectivity index (χ0) is 19.7. The Kier molecular flexibility index (Phi) is 6.12. The predicted octanol–water partition coefficient (Wildman–Crippen LogP) is 3.25. The van der Waals surface area contributed by atoms with Gasteiger partial charge in [-0.05, 0) is 25.0 Å². The van der Waals surface area contributed by atoms with Crippen molar-refractivity contribution in [2.45, 2.75) is 48.5 Å². The van der Waals surface area contributed by atoms with E-state index in [4.69, 9.17) is 4.84 Å². The van der Waals surface area contributed by atoms with Gasteiger partial charge in [0.15, 0.2) is 14.6 Å². The maximum absolute atomic E-state index is 14.0. The summed E-state index contributed by atoms with van der Waals surface area (Å²) < 4.78 is 35.8. The van der Waals surface area contributed by atoms with Crippen LogP contribution in [0.1, 0.15) is 44.0 Å². The zero-order valence-corrected chi connectivity index (χ0v) is 17.0. The van der Waals surface area contributed by atoms with Crippen LogP contribution in [0.15, 0.2) is 29.4 Å². The number of rotatable bonds is 7. The van der Waals surface area contributed by atoms with Crippen molar-refractivity contribution in [3.05, 3.63) is 35.4 Å². The van der Waals surface area contributed by atoms with Gasteiger partial charge in [0.25, 0.3) is 0 Å². The molecule has 3 unspecified atom stereocenters. The maximum atomic E-state index is 14.0. The summed E-state index contributed by atoms with van der Waals surface area (Å²) in [6.07, 6.45) is -0.818. The van der Waals surface area contributed by atoms with Crippen LogP contribution >= 0.6 is 15.9 Å². The fraction of sp³-hybridized carbons (Fsp3) is 0.529. The fourth-order valence-corrected chi connectivity index (χ4v) is 3.78. The topological polar surface area (TPSA) is 93.0 Å². The van der Waals surface area contributed by atoms with Crippen molar-refractivity contribution >= 4 is 37.4 Å². The predicted molar refractivity (Wildman–Crippen MR) is 100 cm³/mol. The molecule has 26 heavy (non-hydrogen) atoms. The van der Waals surface area contributed by atoms with Gasteiger partial charge in [0.1, 0.15) is 12.3 Å². The Morgan fingerprint density at radius 3 is 2.50 bits per heavy atom. The first-order chi connectivity index (χ1) is 12.0. The highest BCUT2D eigenvalue weighted by atomic mass is 79.9. The van der Waals surface area contributed by atoms with Gasteiger partial charge in [0.05, 0.1) is 5.71 Å². The number of carboxylic acids is 1. The van der Waals surface area contributed by atoms with E-state index >= 15 is 0 Å². The molecule has 0 radical (unpaired) electrons. The first-order valence-corrected chi connectivity index (χ1v) is 10.8. The van der Waals surface area contributed by atoms with E-state index in [0.717, 1.165) is 11.8 Å². The molecule has 0 saturated heterocycles. The van der Waals surface area contributed by atoms with Crippen LogP contribution < -0.4 is 0 Å². The summed E-state index contributed by atoms with van der Waals surface area (Å²) in [5.41, 5.74) is 1.83. The number of carboxylic acid groups (broad SMARTS) is 1. The van der Waals surface area contributed by atoms with E-state index in [1.165, 1.54) is 6.92 Å². The van der Waals surface area contributed by atoms with Crippen LogP contribution in [0, 0.1) is 0 Å².